The van der Waals surface area contributed by atoms with Crippen LogP contribution in [0.1, 0.15) is 16.1 Å². The van der Waals surface area contributed by atoms with Crippen molar-refractivity contribution in [2.75, 3.05) is 5.32 Å². The molecule has 2 rings (SSSR count). The fourth-order valence-electron chi connectivity index (χ4n) is 1.80. The van der Waals surface area contributed by atoms with E-state index in [0.29, 0.717) is 11.4 Å². The summed E-state index contributed by atoms with van der Waals surface area (Å²) >= 11 is 0. The zero-order valence-corrected chi connectivity index (χ0v) is 11.2. The lowest BCUT2D eigenvalue weighted by Gasteiger charge is -2.07. The predicted molar refractivity (Wildman–Crippen MR) is 76.4 cm³/mol. The molecular weight excluding hydrogens is 275 g/mol. The lowest BCUT2D eigenvalue weighted by molar-refractivity contribution is -0.131. The average molecular weight is 288 g/mol. The van der Waals surface area contributed by atoms with E-state index in [2.05, 4.69) is 5.32 Å². The van der Waals surface area contributed by atoms with Gasteiger partial charge in [-0.2, -0.15) is 0 Å². The molecule has 0 unspecified atom stereocenters. The Morgan fingerprint density at radius 1 is 1.33 bits per heavy atom. The molecule has 2 aromatic rings. The van der Waals surface area contributed by atoms with Crippen LogP contribution in [0.4, 0.5) is 10.1 Å². The summed E-state index contributed by atoms with van der Waals surface area (Å²) in [5.41, 5.74) is 0.927. The Labute approximate surface area is 120 Å². The number of carbonyl (C=O) groups is 2. The summed E-state index contributed by atoms with van der Waals surface area (Å²) in [6, 6.07) is 7.34. The van der Waals surface area contributed by atoms with E-state index in [9.17, 15) is 14.0 Å². The van der Waals surface area contributed by atoms with Crippen LogP contribution < -0.4 is 5.32 Å². The summed E-state index contributed by atoms with van der Waals surface area (Å²) in [4.78, 5) is 22.5. The van der Waals surface area contributed by atoms with Gasteiger partial charge in [-0.1, -0.05) is 0 Å². The summed E-state index contributed by atoms with van der Waals surface area (Å²) in [5, 5.41) is 11.2. The van der Waals surface area contributed by atoms with Gasteiger partial charge in [0.05, 0.1) is 0 Å². The number of carbonyl (C=O) groups excluding carboxylic acids is 1. The molecule has 1 amide bonds. The molecule has 5 nitrogen and oxygen atoms in total. The van der Waals surface area contributed by atoms with Crippen LogP contribution in [0.15, 0.2) is 42.6 Å². The number of carboxylic acid groups (broad SMARTS) is 1. The second kappa shape index (κ2) is 6.04. The molecule has 0 bridgehead atoms. The van der Waals surface area contributed by atoms with E-state index in [1.54, 1.807) is 29.9 Å². The second-order valence-corrected chi connectivity index (χ2v) is 4.37. The number of halogens is 1. The van der Waals surface area contributed by atoms with Crippen LogP contribution in [0.25, 0.3) is 6.08 Å². The van der Waals surface area contributed by atoms with Crippen molar-refractivity contribution in [2.45, 2.75) is 0 Å². The molecule has 0 fully saturated rings. The predicted octanol–water partition coefficient (Wildman–Crippen LogP) is 2.51. The number of amides is 1. The Morgan fingerprint density at radius 2 is 2.10 bits per heavy atom. The average Bonchev–Trinajstić information content (AvgIpc) is 2.85. The van der Waals surface area contributed by atoms with Crippen molar-refractivity contribution in [2.24, 2.45) is 7.05 Å². The number of hydrogen-bond acceptors (Lipinski definition) is 2. The first-order valence-electron chi connectivity index (χ1n) is 6.10. The number of hydrogen-bond donors (Lipinski definition) is 2. The van der Waals surface area contributed by atoms with Crippen LogP contribution in [-0.4, -0.2) is 21.6 Å². The van der Waals surface area contributed by atoms with E-state index < -0.39 is 11.8 Å². The Balaban J connectivity index is 2.21. The zero-order chi connectivity index (χ0) is 15.4. The van der Waals surface area contributed by atoms with Crippen LogP contribution >= 0.6 is 0 Å². The topological polar surface area (TPSA) is 71.3 Å². The normalized spacial score (nSPS) is 10.8. The zero-order valence-electron chi connectivity index (χ0n) is 11.2. The summed E-state index contributed by atoms with van der Waals surface area (Å²) in [6.07, 6.45) is 3.71. The largest absolute Gasteiger partial charge is 0.478 e. The van der Waals surface area contributed by atoms with E-state index in [4.69, 9.17) is 5.11 Å². The Kier molecular flexibility index (Phi) is 4.18. The third-order valence-electron chi connectivity index (χ3n) is 2.84. The first kappa shape index (κ1) is 14.5. The first-order valence-corrected chi connectivity index (χ1v) is 6.10. The number of anilines is 1. The second-order valence-electron chi connectivity index (χ2n) is 4.37. The van der Waals surface area contributed by atoms with Crippen molar-refractivity contribution < 1.29 is 19.1 Å². The lowest BCUT2D eigenvalue weighted by Crippen LogP contribution is -2.15. The maximum atomic E-state index is 13.5. The Bertz CT molecular complexity index is 719. The standard InChI is InChI=1S/C15H13FN2O3/c1-18-8-2-3-13(18)15(21)17-11-5-6-12(16)10(9-11)4-7-14(19)20/h2-9H,1H3,(H,17,21)(H,19,20)/b7-4+. The van der Waals surface area contributed by atoms with Crippen molar-refractivity contribution in [3.8, 4) is 0 Å². The van der Waals surface area contributed by atoms with Gasteiger partial charge >= 0.3 is 5.97 Å². The summed E-state index contributed by atoms with van der Waals surface area (Å²) in [6.45, 7) is 0. The van der Waals surface area contributed by atoms with Gasteiger partial charge in [0.1, 0.15) is 11.5 Å². The van der Waals surface area contributed by atoms with E-state index >= 15 is 0 Å². The third kappa shape index (κ3) is 3.56. The minimum Gasteiger partial charge on any atom is -0.478 e. The highest BCUT2D eigenvalue weighted by atomic mass is 19.1. The minimum atomic E-state index is -1.17. The molecule has 1 aromatic carbocycles. The molecule has 0 saturated heterocycles. The molecule has 0 saturated carbocycles. The summed E-state index contributed by atoms with van der Waals surface area (Å²) in [7, 11) is 1.74. The maximum absolute atomic E-state index is 13.5. The van der Waals surface area contributed by atoms with Crippen molar-refractivity contribution in [1.29, 1.82) is 0 Å². The molecule has 108 valence electrons. The van der Waals surface area contributed by atoms with Gasteiger partial charge in [-0.3, -0.25) is 4.79 Å². The molecule has 0 aliphatic heterocycles. The number of aromatic nitrogens is 1. The van der Waals surface area contributed by atoms with Gasteiger partial charge in [0.25, 0.3) is 5.91 Å². The molecule has 1 aromatic heterocycles. The first-order chi connectivity index (χ1) is 9.97. The minimum absolute atomic E-state index is 0.0853. The highest BCUT2D eigenvalue weighted by molar-refractivity contribution is 6.03. The lowest BCUT2D eigenvalue weighted by atomic mass is 10.1. The van der Waals surface area contributed by atoms with Crippen LogP contribution in [0, 0.1) is 5.82 Å². The van der Waals surface area contributed by atoms with Crippen molar-refractivity contribution >= 4 is 23.6 Å². The van der Waals surface area contributed by atoms with Crippen molar-refractivity contribution in [3.63, 3.8) is 0 Å². The fraction of sp³-hybridized carbons (Fsp3) is 0.0667. The number of nitrogens with zero attached hydrogens (tertiary/aromatic N) is 1. The van der Waals surface area contributed by atoms with E-state index in [-0.39, 0.29) is 11.5 Å². The van der Waals surface area contributed by atoms with Crippen molar-refractivity contribution in [1.82, 2.24) is 4.57 Å². The van der Waals surface area contributed by atoms with Gasteiger partial charge in [0.15, 0.2) is 0 Å². The highest BCUT2D eigenvalue weighted by Crippen LogP contribution is 2.17. The van der Waals surface area contributed by atoms with Gasteiger partial charge < -0.3 is 15.0 Å². The number of aliphatic carboxylic acids is 1. The molecule has 0 aliphatic carbocycles. The van der Waals surface area contributed by atoms with E-state index in [1.807, 2.05) is 0 Å². The van der Waals surface area contributed by atoms with Gasteiger partial charge in [0, 0.05) is 30.6 Å². The fourth-order valence-corrected chi connectivity index (χ4v) is 1.80. The van der Waals surface area contributed by atoms with E-state index in [0.717, 1.165) is 12.2 Å². The van der Waals surface area contributed by atoms with Gasteiger partial charge in [-0.15, -0.1) is 0 Å². The molecule has 0 atom stereocenters. The maximum Gasteiger partial charge on any atom is 0.328 e. The molecule has 0 radical (unpaired) electrons. The van der Waals surface area contributed by atoms with Gasteiger partial charge in [0.2, 0.25) is 0 Å². The van der Waals surface area contributed by atoms with Crippen molar-refractivity contribution in [3.05, 3.63) is 59.7 Å². The number of rotatable bonds is 4. The van der Waals surface area contributed by atoms with Crippen LogP contribution in [0.5, 0.6) is 0 Å². The molecule has 0 aliphatic rings. The monoisotopic (exact) mass is 288 g/mol. The van der Waals surface area contributed by atoms with Crippen LogP contribution in [-0.2, 0) is 11.8 Å². The number of carboxylic acids is 1. The number of nitrogens with one attached hydrogen (secondary N) is 1. The molecule has 6 heteroatoms. The Hall–Kier alpha value is -2.89. The third-order valence-corrected chi connectivity index (χ3v) is 2.84. The molecule has 2 N–H and O–H groups in total. The van der Waals surface area contributed by atoms with Crippen LogP contribution in [0.2, 0.25) is 0 Å². The van der Waals surface area contributed by atoms with Crippen LogP contribution in [0.3, 0.4) is 0 Å². The SMILES string of the molecule is Cn1cccc1C(=O)Nc1ccc(F)c(/C=C/C(=O)O)c1. The number of benzene rings is 1. The van der Waals surface area contributed by atoms with Gasteiger partial charge in [-0.25, -0.2) is 9.18 Å². The molecule has 21 heavy (non-hydrogen) atoms. The van der Waals surface area contributed by atoms with E-state index in [1.165, 1.54) is 18.2 Å². The molecule has 0 spiro atoms. The quantitative estimate of drug-likeness (QED) is 0.849. The highest BCUT2D eigenvalue weighted by Gasteiger charge is 2.10. The number of aryl methyl sites for hydroxylation is 1. The smallest absolute Gasteiger partial charge is 0.328 e. The summed E-state index contributed by atoms with van der Waals surface area (Å²) in [5.74, 6) is -2.07. The van der Waals surface area contributed by atoms with Gasteiger partial charge in [-0.05, 0) is 36.4 Å². The molecular formula is C15H13FN2O3. The Morgan fingerprint density at radius 3 is 2.71 bits per heavy atom. The molecule has 1 heterocycles. The summed E-state index contributed by atoms with van der Waals surface area (Å²) < 4.78 is 15.2.